The molecule has 0 spiro atoms. The highest BCUT2D eigenvalue weighted by atomic mass is 32.2. The van der Waals surface area contributed by atoms with Gasteiger partial charge in [0.05, 0.1) is 10.6 Å². The van der Waals surface area contributed by atoms with Crippen LogP contribution >= 0.6 is 0 Å². The van der Waals surface area contributed by atoms with Crippen molar-refractivity contribution in [2.24, 2.45) is 0 Å². The number of fused-ring (bicyclic) bond motifs is 1. The summed E-state index contributed by atoms with van der Waals surface area (Å²) in [6, 6.07) is 15.7. The van der Waals surface area contributed by atoms with Crippen molar-refractivity contribution >= 4 is 33.3 Å². The van der Waals surface area contributed by atoms with Crippen LogP contribution in [0.5, 0.6) is 0 Å². The van der Waals surface area contributed by atoms with Gasteiger partial charge in [-0.2, -0.15) is 5.26 Å². The van der Waals surface area contributed by atoms with E-state index in [1.807, 2.05) is 13.0 Å². The third-order valence-corrected chi connectivity index (χ3v) is 7.65. The maximum Gasteiger partial charge on any atom is 0.331 e. The van der Waals surface area contributed by atoms with Gasteiger partial charge in [0.1, 0.15) is 23.1 Å². The van der Waals surface area contributed by atoms with E-state index in [1.54, 1.807) is 63.2 Å². The summed E-state index contributed by atoms with van der Waals surface area (Å²) in [6.07, 6.45) is 0. The van der Waals surface area contributed by atoms with E-state index in [0.29, 0.717) is 5.56 Å². The zero-order valence-corrected chi connectivity index (χ0v) is 21.2. The van der Waals surface area contributed by atoms with Gasteiger partial charge in [-0.25, -0.2) is 22.5 Å². The lowest BCUT2D eigenvalue weighted by Crippen LogP contribution is -2.47. The van der Waals surface area contributed by atoms with Crippen LogP contribution in [0.3, 0.4) is 0 Å². The molecule has 186 valence electrons. The normalized spacial score (nSPS) is 17.4. The number of nitriles is 1. The van der Waals surface area contributed by atoms with Crippen LogP contribution in [0.4, 0.5) is 17.3 Å². The molecular formula is C26H27N5O4S. The van der Waals surface area contributed by atoms with Crippen LogP contribution in [0, 0.1) is 18.3 Å². The first kappa shape index (κ1) is 25.0. The highest BCUT2D eigenvalue weighted by Gasteiger charge is 2.53. The van der Waals surface area contributed by atoms with Gasteiger partial charge in [-0.05, 0) is 45.4 Å². The summed E-state index contributed by atoms with van der Waals surface area (Å²) < 4.78 is 34.8. The second-order valence-corrected chi connectivity index (χ2v) is 11.4. The molecule has 2 unspecified atom stereocenters. The quantitative estimate of drug-likeness (QED) is 0.511. The number of hydrogen-bond donors (Lipinski definition) is 2. The number of hydrogen-bond acceptors (Lipinski definition) is 8. The molecular weight excluding hydrogens is 478 g/mol. The number of aromatic nitrogens is 1. The minimum atomic E-state index is -4.34. The van der Waals surface area contributed by atoms with E-state index in [1.165, 1.54) is 12.1 Å². The summed E-state index contributed by atoms with van der Waals surface area (Å²) in [5.74, 6) is -2.00. The number of rotatable bonds is 4. The van der Waals surface area contributed by atoms with Crippen molar-refractivity contribution < 1.29 is 17.9 Å². The molecule has 4 rings (SSSR count). The van der Waals surface area contributed by atoms with E-state index < -0.39 is 33.6 Å². The molecule has 1 aromatic heterocycles. The standard InChI is InChI=1S/C26H27N5O4S/c1-15-10-12-17(13-11-15)36(33,34)31-22(25(32)35-26(2,3)4)19(16-8-6-5-7-9-16)20-21(28)18(14-27)23(29)30-24(20)31/h5-13,19,22H,1-4H3,(H4,28,29,30). The summed E-state index contributed by atoms with van der Waals surface area (Å²) in [5, 5.41) is 9.67. The van der Waals surface area contributed by atoms with Gasteiger partial charge in [0.2, 0.25) is 0 Å². The number of carbonyl (C=O) groups excluding carboxylic acids is 1. The maximum absolute atomic E-state index is 14.1. The summed E-state index contributed by atoms with van der Waals surface area (Å²) in [4.78, 5) is 18.0. The first-order valence-corrected chi connectivity index (χ1v) is 12.7. The fourth-order valence-corrected chi connectivity index (χ4v) is 5.91. The van der Waals surface area contributed by atoms with Crippen LogP contribution in [0.1, 0.15) is 48.9 Å². The smallest absolute Gasteiger partial charge is 0.331 e. The Morgan fingerprint density at radius 3 is 2.25 bits per heavy atom. The van der Waals surface area contributed by atoms with Crippen molar-refractivity contribution in [1.82, 2.24) is 4.98 Å². The van der Waals surface area contributed by atoms with Crippen molar-refractivity contribution in [2.75, 3.05) is 15.8 Å². The molecule has 0 fully saturated rings. The minimum absolute atomic E-state index is 0.0241. The number of benzene rings is 2. The highest BCUT2D eigenvalue weighted by molar-refractivity contribution is 7.93. The number of ether oxygens (including phenoxy) is 1. The van der Waals surface area contributed by atoms with E-state index in [9.17, 15) is 18.5 Å². The molecule has 0 saturated heterocycles. The van der Waals surface area contributed by atoms with Crippen LogP contribution in [-0.4, -0.2) is 31.0 Å². The van der Waals surface area contributed by atoms with Crippen LogP contribution in [0.15, 0.2) is 59.5 Å². The van der Waals surface area contributed by atoms with E-state index in [4.69, 9.17) is 16.2 Å². The van der Waals surface area contributed by atoms with Crippen molar-refractivity contribution in [3.05, 3.63) is 76.9 Å². The van der Waals surface area contributed by atoms with E-state index >= 15 is 0 Å². The van der Waals surface area contributed by atoms with Gasteiger partial charge in [0.15, 0.2) is 11.9 Å². The van der Waals surface area contributed by atoms with Gasteiger partial charge >= 0.3 is 5.97 Å². The molecule has 36 heavy (non-hydrogen) atoms. The van der Waals surface area contributed by atoms with Crippen molar-refractivity contribution in [1.29, 1.82) is 5.26 Å². The SMILES string of the molecule is Cc1ccc(S(=O)(=O)N2c3nc(N)c(C#N)c(N)c3C(c3ccccc3)C2C(=O)OC(C)(C)C)cc1. The molecule has 1 aliphatic rings. The Morgan fingerprint density at radius 1 is 1.08 bits per heavy atom. The van der Waals surface area contributed by atoms with E-state index in [2.05, 4.69) is 4.98 Å². The van der Waals surface area contributed by atoms with Gasteiger partial charge in [0.25, 0.3) is 10.0 Å². The zero-order chi connectivity index (χ0) is 26.4. The molecule has 0 saturated carbocycles. The average Bonchev–Trinajstić information content (AvgIpc) is 3.15. The second-order valence-electron chi connectivity index (χ2n) is 9.62. The second kappa shape index (κ2) is 8.84. The Balaban J connectivity index is 2.07. The van der Waals surface area contributed by atoms with Crippen LogP contribution in [-0.2, 0) is 19.6 Å². The summed E-state index contributed by atoms with van der Waals surface area (Å²) in [7, 11) is -4.34. The molecule has 0 bridgehead atoms. The fourth-order valence-electron chi connectivity index (χ4n) is 4.33. The number of aryl methyl sites for hydroxylation is 1. The van der Waals surface area contributed by atoms with E-state index in [0.717, 1.165) is 9.87 Å². The molecule has 0 radical (unpaired) electrons. The Kier molecular flexibility index (Phi) is 6.14. The molecule has 2 heterocycles. The molecule has 10 heteroatoms. The van der Waals surface area contributed by atoms with Crippen LogP contribution < -0.4 is 15.8 Å². The summed E-state index contributed by atoms with van der Waals surface area (Å²) >= 11 is 0. The molecule has 1 aliphatic heterocycles. The van der Waals surface area contributed by atoms with Crippen LogP contribution in [0.25, 0.3) is 0 Å². The number of nitrogens with zero attached hydrogens (tertiary/aromatic N) is 3. The molecule has 0 aliphatic carbocycles. The molecule has 9 nitrogen and oxygen atoms in total. The highest BCUT2D eigenvalue weighted by Crippen LogP contribution is 2.50. The number of nitrogens with two attached hydrogens (primary N) is 2. The van der Waals surface area contributed by atoms with Crippen molar-refractivity contribution in [3.63, 3.8) is 0 Å². The molecule has 2 aromatic carbocycles. The maximum atomic E-state index is 14.1. The molecule has 4 N–H and O–H groups in total. The lowest BCUT2D eigenvalue weighted by atomic mass is 9.86. The monoisotopic (exact) mass is 505 g/mol. The first-order chi connectivity index (χ1) is 16.9. The summed E-state index contributed by atoms with van der Waals surface area (Å²) in [5.41, 5.74) is 13.1. The number of anilines is 3. The average molecular weight is 506 g/mol. The zero-order valence-electron chi connectivity index (χ0n) is 20.4. The van der Waals surface area contributed by atoms with Gasteiger partial charge < -0.3 is 16.2 Å². The largest absolute Gasteiger partial charge is 0.458 e. The number of esters is 1. The summed E-state index contributed by atoms with van der Waals surface area (Å²) in [6.45, 7) is 6.92. The van der Waals surface area contributed by atoms with Gasteiger partial charge in [-0.3, -0.25) is 0 Å². The number of carbonyl (C=O) groups is 1. The Morgan fingerprint density at radius 2 is 1.69 bits per heavy atom. The predicted molar refractivity (Wildman–Crippen MR) is 137 cm³/mol. The lowest BCUT2D eigenvalue weighted by Gasteiger charge is -2.30. The fraction of sp³-hybridized carbons (Fsp3) is 0.269. The third-order valence-electron chi connectivity index (χ3n) is 5.87. The van der Waals surface area contributed by atoms with Crippen molar-refractivity contribution in [3.8, 4) is 6.07 Å². The Hall–Kier alpha value is -4.10. The topological polar surface area (TPSA) is 152 Å². The Labute approximate surface area is 210 Å². The van der Waals surface area contributed by atoms with Crippen molar-refractivity contribution in [2.45, 2.75) is 50.2 Å². The molecule has 0 amide bonds. The Bertz CT molecular complexity index is 1470. The van der Waals surface area contributed by atoms with Gasteiger partial charge in [-0.15, -0.1) is 0 Å². The number of nitrogen functional groups attached to an aromatic ring is 2. The van der Waals surface area contributed by atoms with E-state index in [-0.39, 0.29) is 33.3 Å². The number of pyridine rings is 1. The number of sulfonamides is 1. The molecule has 2 atom stereocenters. The predicted octanol–water partition coefficient (Wildman–Crippen LogP) is 3.48. The molecule has 3 aromatic rings. The van der Waals surface area contributed by atoms with Gasteiger partial charge in [0, 0.05) is 11.5 Å². The van der Waals surface area contributed by atoms with Gasteiger partial charge in [-0.1, -0.05) is 48.0 Å². The first-order valence-electron chi connectivity index (χ1n) is 11.2. The third kappa shape index (κ3) is 4.22. The minimum Gasteiger partial charge on any atom is -0.458 e. The van der Waals surface area contributed by atoms with Crippen LogP contribution in [0.2, 0.25) is 0 Å². The lowest BCUT2D eigenvalue weighted by molar-refractivity contribution is -0.156.